The average Bonchev–Trinajstić information content (AvgIpc) is 2.22. The number of aromatic hydroxyl groups is 1. The molecule has 0 aromatic heterocycles. The van der Waals surface area contributed by atoms with Crippen LogP contribution in [0.25, 0.3) is 0 Å². The van der Waals surface area contributed by atoms with E-state index in [1.807, 2.05) is 7.05 Å². The van der Waals surface area contributed by atoms with Crippen LogP contribution in [0.1, 0.15) is 25.8 Å². The molecule has 0 amide bonds. The molecule has 0 aliphatic heterocycles. The molecule has 0 bridgehead atoms. The van der Waals surface area contributed by atoms with Crippen LogP contribution in [0, 0.1) is 5.82 Å². The van der Waals surface area contributed by atoms with Gasteiger partial charge in [-0.15, -0.1) is 0 Å². The maximum absolute atomic E-state index is 13.0. The number of benzene rings is 1. The molecule has 1 aromatic rings. The molecule has 0 aliphatic rings. The molecule has 3 heteroatoms. The van der Waals surface area contributed by atoms with Crippen LogP contribution in [-0.4, -0.2) is 23.1 Å². The van der Waals surface area contributed by atoms with E-state index in [1.165, 1.54) is 12.1 Å². The summed E-state index contributed by atoms with van der Waals surface area (Å²) in [6, 6.07) is 5.00. The second kappa shape index (κ2) is 5.12. The van der Waals surface area contributed by atoms with Crippen molar-refractivity contribution in [3.8, 4) is 5.75 Å². The third kappa shape index (κ3) is 3.20. The van der Waals surface area contributed by atoms with E-state index in [1.54, 1.807) is 6.07 Å². The second-order valence-corrected chi connectivity index (χ2v) is 3.96. The Morgan fingerprint density at radius 1 is 1.47 bits per heavy atom. The first-order valence-corrected chi connectivity index (χ1v) is 5.22. The highest BCUT2D eigenvalue weighted by atomic mass is 19.1. The number of halogens is 1. The minimum absolute atomic E-state index is 0.287. The first-order valence-electron chi connectivity index (χ1n) is 5.22. The summed E-state index contributed by atoms with van der Waals surface area (Å²) in [5, 5.41) is 9.04. The van der Waals surface area contributed by atoms with Crippen molar-refractivity contribution in [3.05, 3.63) is 29.6 Å². The van der Waals surface area contributed by atoms with E-state index >= 15 is 0 Å². The van der Waals surface area contributed by atoms with Crippen LogP contribution in [0.15, 0.2) is 18.2 Å². The summed E-state index contributed by atoms with van der Waals surface area (Å²) in [5.74, 6) is -0.838. The van der Waals surface area contributed by atoms with E-state index in [0.29, 0.717) is 12.6 Å². The third-order valence-corrected chi connectivity index (χ3v) is 2.79. The Labute approximate surface area is 90.3 Å². The molecule has 1 rings (SSSR count). The molecule has 0 saturated heterocycles. The van der Waals surface area contributed by atoms with E-state index in [9.17, 15) is 4.39 Å². The maximum atomic E-state index is 13.0. The molecule has 1 atom stereocenters. The van der Waals surface area contributed by atoms with Gasteiger partial charge in [0.05, 0.1) is 0 Å². The molecule has 0 radical (unpaired) electrons. The first kappa shape index (κ1) is 12.0. The van der Waals surface area contributed by atoms with Crippen molar-refractivity contribution in [1.82, 2.24) is 4.90 Å². The smallest absolute Gasteiger partial charge is 0.165 e. The normalized spacial score (nSPS) is 13.1. The summed E-state index contributed by atoms with van der Waals surface area (Å²) in [6.07, 6.45) is 1.07. The summed E-state index contributed by atoms with van der Waals surface area (Å²) < 4.78 is 13.0. The van der Waals surface area contributed by atoms with Crippen LogP contribution in [0.3, 0.4) is 0 Å². The number of rotatable bonds is 4. The molecule has 84 valence electrons. The fourth-order valence-corrected chi connectivity index (χ4v) is 1.40. The molecule has 1 unspecified atom stereocenters. The Morgan fingerprint density at radius 3 is 2.67 bits per heavy atom. The van der Waals surface area contributed by atoms with Crippen molar-refractivity contribution < 1.29 is 9.50 Å². The predicted octanol–water partition coefficient (Wildman–Crippen LogP) is 2.76. The lowest BCUT2D eigenvalue weighted by atomic mass is 10.1. The molecule has 1 aromatic carbocycles. The average molecular weight is 211 g/mol. The lowest BCUT2D eigenvalue weighted by Crippen LogP contribution is -2.27. The van der Waals surface area contributed by atoms with Gasteiger partial charge in [0, 0.05) is 12.6 Å². The Hall–Kier alpha value is -1.09. The lowest BCUT2D eigenvalue weighted by Gasteiger charge is -2.23. The van der Waals surface area contributed by atoms with Crippen molar-refractivity contribution >= 4 is 0 Å². The minimum Gasteiger partial charge on any atom is -0.505 e. The summed E-state index contributed by atoms with van der Waals surface area (Å²) in [6.45, 7) is 4.96. The standard InChI is InChI=1S/C12H18FNO/c1-4-9(2)14(3)8-10-5-6-12(15)11(13)7-10/h5-7,9,15H,4,8H2,1-3H3. The summed E-state index contributed by atoms with van der Waals surface area (Å²) in [5.41, 5.74) is 0.883. The summed E-state index contributed by atoms with van der Waals surface area (Å²) >= 11 is 0. The van der Waals surface area contributed by atoms with Crippen LogP contribution in [0.5, 0.6) is 5.75 Å². The molecule has 0 aliphatic carbocycles. The van der Waals surface area contributed by atoms with Crippen LogP contribution in [0.2, 0.25) is 0 Å². The van der Waals surface area contributed by atoms with Gasteiger partial charge in [0.15, 0.2) is 11.6 Å². The Morgan fingerprint density at radius 2 is 2.13 bits per heavy atom. The van der Waals surface area contributed by atoms with Crippen molar-refractivity contribution in [2.24, 2.45) is 0 Å². The van der Waals surface area contributed by atoms with Gasteiger partial charge in [0.25, 0.3) is 0 Å². The molecule has 1 N–H and O–H groups in total. The second-order valence-electron chi connectivity index (χ2n) is 3.96. The SMILES string of the molecule is CCC(C)N(C)Cc1ccc(O)c(F)c1. The zero-order valence-corrected chi connectivity index (χ0v) is 9.50. The highest BCUT2D eigenvalue weighted by Gasteiger charge is 2.08. The largest absolute Gasteiger partial charge is 0.505 e. The predicted molar refractivity (Wildman–Crippen MR) is 59.3 cm³/mol. The van der Waals surface area contributed by atoms with E-state index in [2.05, 4.69) is 18.7 Å². The Balaban J connectivity index is 2.68. The summed E-state index contributed by atoms with van der Waals surface area (Å²) in [4.78, 5) is 2.16. The van der Waals surface area contributed by atoms with Crippen molar-refractivity contribution in [2.45, 2.75) is 32.9 Å². The van der Waals surface area contributed by atoms with E-state index in [-0.39, 0.29) is 5.75 Å². The molecular formula is C12H18FNO. The molecule has 0 saturated carbocycles. The van der Waals surface area contributed by atoms with E-state index in [4.69, 9.17) is 5.11 Å². The molecular weight excluding hydrogens is 193 g/mol. The zero-order valence-electron chi connectivity index (χ0n) is 9.50. The molecule has 0 fully saturated rings. The van der Waals surface area contributed by atoms with Crippen LogP contribution < -0.4 is 0 Å². The van der Waals surface area contributed by atoms with Gasteiger partial charge in [-0.3, -0.25) is 4.90 Å². The van der Waals surface area contributed by atoms with Gasteiger partial charge in [0.1, 0.15) is 0 Å². The topological polar surface area (TPSA) is 23.5 Å². The highest BCUT2D eigenvalue weighted by molar-refractivity contribution is 5.27. The van der Waals surface area contributed by atoms with Gasteiger partial charge < -0.3 is 5.11 Å². The Kier molecular flexibility index (Phi) is 4.09. The number of hydrogen-bond acceptors (Lipinski definition) is 2. The highest BCUT2D eigenvalue weighted by Crippen LogP contribution is 2.17. The Bertz CT molecular complexity index is 327. The van der Waals surface area contributed by atoms with E-state index < -0.39 is 5.82 Å². The zero-order chi connectivity index (χ0) is 11.4. The van der Waals surface area contributed by atoms with Crippen molar-refractivity contribution in [2.75, 3.05) is 7.05 Å². The van der Waals surface area contributed by atoms with Gasteiger partial charge in [0.2, 0.25) is 0 Å². The monoisotopic (exact) mass is 211 g/mol. The van der Waals surface area contributed by atoms with E-state index in [0.717, 1.165) is 12.0 Å². The fourth-order valence-electron chi connectivity index (χ4n) is 1.40. The quantitative estimate of drug-likeness (QED) is 0.827. The van der Waals surface area contributed by atoms with Crippen LogP contribution in [-0.2, 0) is 6.54 Å². The number of nitrogens with zero attached hydrogens (tertiary/aromatic N) is 1. The van der Waals surface area contributed by atoms with Crippen molar-refractivity contribution in [3.63, 3.8) is 0 Å². The third-order valence-electron chi connectivity index (χ3n) is 2.79. The number of phenols is 1. The van der Waals surface area contributed by atoms with Crippen LogP contribution >= 0.6 is 0 Å². The molecule has 15 heavy (non-hydrogen) atoms. The lowest BCUT2D eigenvalue weighted by molar-refractivity contribution is 0.243. The van der Waals surface area contributed by atoms with Crippen molar-refractivity contribution in [1.29, 1.82) is 0 Å². The molecule has 0 spiro atoms. The number of hydrogen-bond donors (Lipinski definition) is 1. The van der Waals surface area contributed by atoms with Gasteiger partial charge in [-0.1, -0.05) is 13.0 Å². The molecule has 0 heterocycles. The molecule has 2 nitrogen and oxygen atoms in total. The van der Waals surface area contributed by atoms with Crippen LogP contribution in [0.4, 0.5) is 4.39 Å². The fraction of sp³-hybridized carbons (Fsp3) is 0.500. The van der Waals surface area contributed by atoms with Gasteiger partial charge in [-0.2, -0.15) is 0 Å². The van der Waals surface area contributed by atoms with Gasteiger partial charge >= 0.3 is 0 Å². The van der Waals surface area contributed by atoms with Gasteiger partial charge in [-0.05, 0) is 38.1 Å². The summed E-state index contributed by atoms with van der Waals surface area (Å²) in [7, 11) is 2.01. The minimum atomic E-state index is -0.551. The maximum Gasteiger partial charge on any atom is 0.165 e. The number of phenolic OH excluding ortho intramolecular Hbond substituents is 1. The first-order chi connectivity index (χ1) is 7.04. The van der Waals surface area contributed by atoms with Gasteiger partial charge in [-0.25, -0.2) is 4.39 Å².